The molecule has 0 radical (unpaired) electrons. The molecule has 1 aromatic heterocycles. The summed E-state index contributed by atoms with van der Waals surface area (Å²) in [6.45, 7) is 13.3. The van der Waals surface area contributed by atoms with E-state index in [2.05, 4.69) is 29.4 Å². The molecule has 1 fully saturated rings. The lowest BCUT2D eigenvalue weighted by molar-refractivity contribution is 0.0376. The van der Waals surface area contributed by atoms with Gasteiger partial charge in [0.05, 0.1) is 19.5 Å². The zero-order valence-electron chi connectivity index (χ0n) is 17.6. The van der Waals surface area contributed by atoms with Crippen molar-refractivity contribution < 1.29 is 13.9 Å². The number of nitrogens with zero attached hydrogens (tertiary/aromatic N) is 2. The highest BCUT2D eigenvalue weighted by molar-refractivity contribution is 5.79. The molecule has 7 heteroatoms. The summed E-state index contributed by atoms with van der Waals surface area (Å²) in [6, 6.07) is 3.92. The molecule has 0 aromatic carbocycles. The Hall–Kier alpha value is -1.57. The molecule has 0 atom stereocenters. The molecule has 0 aliphatic carbocycles. The maximum absolute atomic E-state index is 5.63. The number of hydrogen-bond acceptors (Lipinski definition) is 5. The van der Waals surface area contributed by atoms with Crippen molar-refractivity contribution in [1.29, 1.82) is 0 Å². The van der Waals surface area contributed by atoms with Crippen LogP contribution in [-0.4, -0.2) is 76.6 Å². The fourth-order valence-electron chi connectivity index (χ4n) is 2.94. The van der Waals surface area contributed by atoms with Gasteiger partial charge in [0.1, 0.15) is 5.76 Å². The van der Waals surface area contributed by atoms with Gasteiger partial charge in [0, 0.05) is 52.4 Å². The number of nitrogens with one attached hydrogen (secondary N) is 2. The van der Waals surface area contributed by atoms with Gasteiger partial charge in [-0.2, -0.15) is 0 Å². The van der Waals surface area contributed by atoms with Gasteiger partial charge in [-0.05, 0) is 37.4 Å². The molecule has 2 N–H and O–H groups in total. The van der Waals surface area contributed by atoms with Gasteiger partial charge in [0.15, 0.2) is 5.96 Å². The molecule has 1 aliphatic heterocycles. The van der Waals surface area contributed by atoms with Gasteiger partial charge in [-0.1, -0.05) is 13.8 Å². The summed E-state index contributed by atoms with van der Waals surface area (Å²) >= 11 is 0. The van der Waals surface area contributed by atoms with Crippen LogP contribution in [0.15, 0.2) is 27.8 Å². The summed E-state index contributed by atoms with van der Waals surface area (Å²) in [7, 11) is 0. The Morgan fingerprint density at radius 2 is 2.04 bits per heavy atom. The first kappa shape index (κ1) is 22.7. The molecule has 2 rings (SSSR count). The standard InChI is InChI=1S/C21H38N4O3/c1-19(2)18-27-14-5-9-23-21(24-10-7-20-6-3-15-28-20)22-8-4-11-25-12-16-26-17-13-25/h3,6,15,19H,4-5,7-14,16-18H2,1-2H3,(H2,22,23,24). The van der Waals surface area contributed by atoms with Gasteiger partial charge in [-0.3, -0.25) is 9.89 Å². The minimum absolute atomic E-state index is 0.579. The number of guanidine groups is 1. The van der Waals surface area contributed by atoms with E-state index >= 15 is 0 Å². The fraction of sp³-hybridized carbons (Fsp3) is 0.762. The molecular formula is C21H38N4O3. The monoisotopic (exact) mass is 394 g/mol. The average Bonchev–Trinajstić information content (AvgIpc) is 3.21. The normalized spacial score (nSPS) is 15.9. The van der Waals surface area contributed by atoms with Gasteiger partial charge in [0.2, 0.25) is 0 Å². The Bertz CT molecular complexity index is 514. The van der Waals surface area contributed by atoms with Gasteiger partial charge in [-0.25, -0.2) is 0 Å². The van der Waals surface area contributed by atoms with Crippen LogP contribution in [0.2, 0.25) is 0 Å². The average molecular weight is 395 g/mol. The Balaban J connectivity index is 1.65. The highest BCUT2D eigenvalue weighted by Gasteiger charge is 2.09. The lowest BCUT2D eigenvalue weighted by Gasteiger charge is -2.26. The number of hydrogen-bond donors (Lipinski definition) is 2. The Morgan fingerprint density at radius 1 is 1.21 bits per heavy atom. The molecule has 0 spiro atoms. The van der Waals surface area contributed by atoms with E-state index in [1.165, 1.54) is 0 Å². The molecule has 2 heterocycles. The van der Waals surface area contributed by atoms with Gasteiger partial charge in [-0.15, -0.1) is 0 Å². The summed E-state index contributed by atoms with van der Waals surface area (Å²) in [5, 5.41) is 6.87. The number of morpholine rings is 1. The first-order valence-electron chi connectivity index (χ1n) is 10.7. The van der Waals surface area contributed by atoms with Crippen LogP contribution in [0.3, 0.4) is 0 Å². The predicted octanol–water partition coefficient (Wildman–Crippen LogP) is 2.14. The van der Waals surface area contributed by atoms with Gasteiger partial charge >= 0.3 is 0 Å². The number of ether oxygens (including phenoxy) is 2. The van der Waals surface area contributed by atoms with Crippen molar-refractivity contribution in [2.75, 3.05) is 65.7 Å². The smallest absolute Gasteiger partial charge is 0.191 e. The highest BCUT2D eigenvalue weighted by atomic mass is 16.5. The molecule has 1 aromatic rings. The van der Waals surface area contributed by atoms with E-state index in [1.54, 1.807) is 6.26 Å². The maximum Gasteiger partial charge on any atom is 0.191 e. The van der Waals surface area contributed by atoms with E-state index in [4.69, 9.17) is 18.9 Å². The van der Waals surface area contributed by atoms with Crippen LogP contribution in [0.4, 0.5) is 0 Å². The molecule has 0 saturated carbocycles. The topological polar surface area (TPSA) is 71.3 Å². The van der Waals surface area contributed by atoms with E-state index < -0.39 is 0 Å². The van der Waals surface area contributed by atoms with Crippen molar-refractivity contribution in [3.8, 4) is 0 Å². The van der Waals surface area contributed by atoms with Crippen molar-refractivity contribution in [3.05, 3.63) is 24.2 Å². The number of rotatable bonds is 13. The zero-order valence-corrected chi connectivity index (χ0v) is 17.6. The minimum Gasteiger partial charge on any atom is -0.469 e. The summed E-state index contributed by atoms with van der Waals surface area (Å²) < 4.78 is 16.4. The van der Waals surface area contributed by atoms with Crippen LogP contribution in [0.25, 0.3) is 0 Å². The van der Waals surface area contributed by atoms with Gasteiger partial charge < -0.3 is 24.5 Å². The molecule has 0 amide bonds. The molecule has 1 saturated heterocycles. The fourth-order valence-corrected chi connectivity index (χ4v) is 2.94. The third kappa shape index (κ3) is 10.7. The van der Waals surface area contributed by atoms with E-state index in [-0.39, 0.29) is 0 Å². The number of aliphatic imine (C=N–C) groups is 1. The van der Waals surface area contributed by atoms with E-state index in [0.29, 0.717) is 5.92 Å². The Kier molecular flexibility index (Phi) is 11.7. The van der Waals surface area contributed by atoms with Crippen LogP contribution < -0.4 is 10.6 Å². The lowest BCUT2D eigenvalue weighted by Crippen LogP contribution is -2.41. The predicted molar refractivity (Wildman–Crippen MR) is 113 cm³/mol. The van der Waals surface area contributed by atoms with Crippen LogP contribution in [0.5, 0.6) is 0 Å². The summed E-state index contributed by atoms with van der Waals surface area (Å²) in [5.74, 6) is 2.44. The van der Waals surface area contributed by atoms with Crippen molar-refractivity contribution in [2.24, 2.45) is 10.9 Å². The quantitative estimate of drug-likeness (QED) is 0.303. The Morgan fingerprint density at radius 3 is 2.79 bits per heavy atom. The maximum atomic E-state index is 5.63. The van der Waals surface area contributed by atoms with Crippen LogP contribution in [-0.2, 0) is 15.9 Å². The summed E-state index contributed by atoms with van der Waals surface area (Å²) in [4.78, 5) is 7.15. The van der Waals surface area contributed by atoms with E-state index in [9.17, 15) is 0 Å². The first-order valence-corrected chi connectivity index (χ1v) is 10.7. The van der Waals surface area contributed by atoms with Crippen molar-refractivity contribution in [3.63, 3.8) is 0 Å². The minimum atomic E-state index is 0.579. The highest BCUT2D eigenvalue weighted by Crippen LogP contribution is 2.00. The number of furan rings is 1. The second kappa shape index (κ2) is 14.4. The van der Waals surface area contributed by atoms with Crippen molar-refractivity contribution in [1.82, 2.24) is 15.5 Å². The Labute approximate surface area is 169 Å². The van der Waals surface area contributed by atoms with Crippen LogP contribution >= 0.6 is 0 Å². The summed E-state index contributed by atoms with van der Waals surface area (Å²) in [5.41, 5.74) is 0. The lowest BCUT2D eigenvalue weighted by atomic mass is 10.2. The largest absolute Gasteiger partial charge is 0.469 e. The third-order valence-electron chi connectivity index (χ3n) is 4.46. The van der Waals surface area contributed by atoms with Crippen molar-refractivity contribution >= 4 is 5.96 Å². The molecule has 7 nitrogen and oxygen atoms in total. The molecule has 0 unspecified atom stereocenters. The van der Waals surface area contributed by atoms with E-state index in [1.807, 2.05) is 12.1 Å². The second-order valence-electron chi connectivity index (χ2n) is 7.54. The molecule has 28 heavy (non-hydrogen) atoms. The molecular weight excluding hydrogens is 356 g/mol. The third-order valence-corrected chi connectivity index (χ3v) is 4.46. The second-order valence-corrected chi connectivity index (χ2v) is 7.54. The molecule has 0 bridgehead atoms. The molecule has 160 valence electrons. The van der Waals surface area contributed by atoms with Crippen LogP contribution in [0.1, 0.15) is 32.4 Å². The van der Waals surface area contributed by atoms with E-state index in [0.717, 1.165) is 96.7 Å². The summed E-state index contributed by atoms with van der Waals surface area (Å²) in [6.07, 6.45) is 4.59. The van der Waals surface area contributed by atoms with Crippen molar-refractivity contribution in [2.45, 2.75) is 33.1 Å². The SMILES string of the molecule is CC(C)COCCCN=C(NCCCN1CCOCC1)NCCc1ccco1. The van der Waals surface area contributed by atoms with Gasteiger partial charge in [0.25, 0.3) is 0 Å². The molecule has 1 aliphatic rings. The first-order chi connectivity index (χ1) is 13.7. The van der Waals surface area contributed by atoms with Crippen LogP contribution in [0, 0.1) is 5.92 Å². The zero-order chi connectivity index (χ0) is 19.9.